The highest BCUT2D eigenvalue weighted by Crippen LogP contribution is 2.21. The molecule has 5 nitrogen and oxygen atoms in total. The molecule has 1 fully saturated rings. The maximum atomic E-state index is 12.3. The van der Waals surface area contributed by atoms with Crippen LogP contribution in [0.2, 0.25) is 0 Å². The number of rotatable bonds is 4. The molecule has 1 amide bonds. The first-order valence-electron chi connectivity index (χ1n) is 6.74. The van der Waals surface area contributed by atoms with Crippen molar-refractivity contribution in [3.8, 4) is 0 Å². The molecular formula is C15H19NO4. The molecule has 1 aliphatic rings. The predicted octanol–water partition coefficient (Wildman–Crippen LogP) is 1.49. The Morgan fingerprint density at radius 1 is 1.40 bits per heavy atom. The molecule has 0 spiro atoms. The molecule has 2 atom stereocenters. The van der Waals surface area contributed by atoms with Crippen molar-refractivity contribution in [3.05, 3.63) is 35.9 Å². The molecule has 108 valence electrons. The Balaban J connectivity index is 2.01. The lowest BCUT2D eigenvalue weighted by Gasteiger charge is -2.33. The van der Waals surface area contributed by atoms with Gasteiger partial charge in [-0.3, -0.25) is 4.79 Å². The second kappa shape index (κ2) is 6.52. The normalized spacial score (nSPS) is 20.4. The SMILES string of the molecule is C[C@H](CC(=O)N1CCOC[C@H]1C(=O)O)c1ccccc1. The second-order valence-electron chi connectivity index (χ2n) is 5.03. The van der Waals surface area contributed by atoms with Gasteiger partial charge in [0.1, 0.15) is 0 Å². The van der Waals surface area contributed by atoms with Crippen LogP contribution in [-0.2, 0) is 14.3 Å². The largest absolute Gasteiger partial charge is 0.480 e. The minimum Gasteiger partial charge on any atom is -0.480 e. The molecule has 20 heavy (non-hydrogen) atoms. The summed E-state index contributed by atoms with van der Waals surface area (Å²) in [7, 11) is 0. The number of morpholine rings is 1. The maximum absolute atomic E-state index is 12.3. The van der Waals surface area contributed by atoms with Gasteiger partial charge in [-0.2, -0.15) is 0 Å². The van der Waals surface area contributed by atoms with E-state index >= 15 is 0 Å². The van der Waals surface area contributed by atoms with E-state index in [4.69, 9.17) is 9.84 Å². The van der Waals surface area contributed by atoms with Crippen LogP contribution in [-0.4, -0.2) is 47.7 Å². The smallest absolute Gasteiger partial charge is 0.328 e. The summed E-state index contributed by atoms with van der Waals surface area (Å²) < 4.78 is 5.14. The van der Waals surface area contributed by atoms with E-state index < -0.39 is 12.0 Å². The summed E-state index contributed by atoms with van der Waals surface area (Å²) in [6, 6.07) is 8.90. The van der Waals surface area contributed by atoms with Gasteiger partial charge in [-0.25, -0.2) is 4.79 Å². The quantitative estimate of drug-likeness (QED) is 0.905. The number of carbonyl (C=O) groups excluding carboxylic acids is 1. The van der Waals surface area contributed by atoms with E-state index in [9.17, 15) is 9.59 Å². The molecule has 5 heteroatoms. The third-order valence-electron chi connectivity index (χ3n) is 3.58. The van der Waals surface area contributed by atoms with Gasteiger partial charge < -0.3 is 14.7 Å². The first-order valence-corrected chi connectivity index (χ1v) is 6.74. The fraction of sp³-hybridized carbons (Fsp3) is 0.467. The van der Waals surface area contributed by atoms with Crippen LogP contribution in [0.3, 0.4) is 0 Å². The molecule has 0 aromatic heterocycles. The molecular weight excluding hydrogens is 258 g/mol. The summed E-state index contributed by atoms with van der Waals surface area (Å²) in [5, 5.41) is 9.13. The summed E-state index contributed by atoms with van der Waals surface area (Å²) >= 11 is 0. The number of carboxylic acids is 1. The summed E-state index contributed by atoms with van der Waals surface area (Å²) in [5.41, 5.74) is 1.08. The van der Waals surface area contributed by atoms with Crippen molar-refractivity contribution in [2.75, 3.05) is 19.8 Å². The Bertz CT molecular complexity index is 474. The van der Waals surface area contributed by atoms with E-state index in [-0.39, 0.29) is 18.4 Å². The van der Waals surface area contributed by atoms with Crippen molar-refractivity contribution in [2.45, 2.75) is 25.3 Å². The highest BCUT2D eigenvalue weighted by atomic mass is 16.5. The third-order valence-corrected chi connectivity index (χ3v) is 3.58. The Kier molecular flexibility index (Phi) is 4.74. The molecule has 0 unspecified atom stereocenters. The van der Waals surface area contributed by atoms with Crippen LogP contribution in [0.5, 0.6) is 0 Å². The van der Waals surface area contributed by atoms with Crippen LogP contribution >= 0.6 is 0 Å². The van der Waals surface area contributed by atoms with Crippen LogP contribution in [0.1, 0.15) is 24.8 Å². The molecule has 2 rings (SSSR count). The number of carbonyl (C=O) groups is 2. The van der Waals surface area contributed by atoms with E-state index in [0.717, 1.165) is 5.56 Å². The van der Waals surface area contributed by atoms with E-state index in [1.54, 1.807) is 0 Å². The van der Waals surface area contributed by atoms with Gasteiger partial charge in [0, 0.05) is 13.0 Å². The fourth-order valence-corrected chi connectivity index (χ4v) is 2.39. The van der Waals surface area contributed by atoms with Crippen LogP contribution in [0, 0.1) is 0 Å². The molecule has 0 bridgehead atoms. The maximum Gasteiger partial charge on any atom is 0.328 e. The van der Waals surface area contributed by atoms with Crippen LogP contribution < -0.4 is 0 Å². The van der Waals surface area contributed by atoms with Crippen molar-refractivity contribution >= 4 is 11.9 Å². The summed E-state index contributed by atoms with van der Waals surface area (Å²) in [5.74, 6) is -1.07. The molecule has 0 saturated carbocycles. The Labute approximate surface area is 118 Å². The monoisotopic (exact) mass is 277 g/mol. The molecule has 1 aliphatic heterocycles. The molecule has 0 radical (unpaired) electrons. The second-order valence-corrected chi connectivity index (χ2v) is 5.03. The number of amides is 1. The Morgan fingerprint density at radius 2 is 2.10 bits per heavy atom. The lowest BCUT2D eigenvalue weighted by atomic mass is 9.97. The zero-order valence-electron chi connectivity index (χ0n) is 11.5. The zero-order chi connectivity index (χ0) is 14.5. The zero-order valence-corrected chi connectivity index (χ0v) is 11.5. The number of aliphatic carboxylic acids is 1. The average molecular weight is 277 g/mol. The van der Waals surface area contributed by atoms with Crippen LogP contribution in [0.4, 0.5) is 0 Å². The van der Waals surface area contributed by atoms with E-state index in [2.05, 4.69) is 0 Å². The third kappa shape index (κ3) is 3.36. The first kappa shape index (κ1) is 14.5. The van der Waals surface area contributed by atoms with Crippen molar-refractivity contribution in [3.63, 3.8) is 0 Å². The van der Waals surface area contributed by atoms with Gasteiger partial charge in [0.15, 0.2) is 6.04 Å². The van der Waals surface area contributed by atoms with Gasteiger partial charge in [-0.05, 0) is 11.5 Å². The Hall–Kier alpha value is -1.88. The molecule has 0 aliphatic carbocycles. The van der Waals surface area contributed by atoms with Crippen LogP contribution in [0.15, 0.2) is 30.3 Å². The van der Waals surface area contributed by atoms with Gasteiger partial charge in [0.2, 0.25) is 5.91 Å². The van der Waals surface area contributed by atoms with Crippen molar-refractivity contribution in [1.82, 2.24) is 4.90 Å². The molecule has 1 aromatic rings. The van der Waals surface area contributed by atoms with Gasteiger partial charge in [0.05, 0.1) is 13.2 Å². The molecule has 1 saturated heterocycles. The van der Waals surface area contributed by atoms with Gasteiger partial charge >= 0.3 is 5.97 Å². The summed E-state index contributed by atoms with van der Waals surface area (Å²) in [6.45, 7) is 2.79. The number of ether oxygens (including phenoxy) is 1. The minimum absolute atomic E-state index is 0.0702. The number of hydrogen-bond donors (Lipinski definition) is 1. The number of carboxylic acid groups (broad SMARTS) is 1. The summed E-state index contributed by atoms with van der Waals surface area (Å²) in [6.07, 6.45) is 0.313. The van der Waals surface area contributed by atoms with Gasteiger partial charge in [0.25, 0.3) is 0 Å². The topological polar surface area (TPSA) is 66.8 Å². The lowest BCUT2D eigenvalue weighted by Crippen LogP contribution is -2.52. The highest BCUT2D eigenvalue weighted by molar-refractivity contribution is 5.84. The number of benzene rings is 1. The average Bonchev–Trinajstić information content (AvgIpc) is 2.48. The van der Waals surface area contributed by atoms with Crippen molar-refractivity contribution < 1.29 is 19.4 Å². The van der Waals surface area contributed by atoms with E-state index in [1.165, 1.54) is 4.90 Å². The Morgan fingerprint density at radius 3 is 2.75 bits per heavy atom. The molecule has 1 heterocycles. The first-order chi connectivity index (χ1) is 9.59. The molecule has 1 aromatic carbocycles. The lowest BCUT2D eigenvalue weighted by molar-refractivity contribution is -0.158. The summed E-state index contributed by atoms with van der Waals surface area (Å²) in [4.78, 5) is 24.9. The minimum atomic E-state index is -1.01. The van der Waals surface area contributed by atoms with E-state index in [1.807, 2.05) is 37.3 Å². The van der Waals surface area contributed by atoms with Crippen molar-refractivity contribution in [1.29, 1.82) is 0 Å². The number of nitrogens with zero attached hydrogens (tertiary/aromatic N) is 1. The van der Waals surface area contributed by atoms with Gasteiger partial charge in [-0.1, -0.05) is 37.3 Å². The fourth-order valence-electron chi connectivity index (χ4n) is 2.39. The highest BCUT2D eigenvalue weighted by Gasteiger charge is 2.33. The predicted molar refractivity (Wildman–Crippen MR) is 73.4 cm³/mol. The van der Waals surface area contributed by atoms with Crippen molar-refractivity contribution in [2.24, 2.45) is 0 Å². The van der Waals surface area contributed by atoms with E-state index in [0.29, 0.717) is 19.6 Å². The van der Waals surface area contributed by atoms with Crippen LogP contribution in [0.25, 0.3) is 0 Å². The molecule has 1 N–H and O–H groups in total. The van der Waals surface area contributed by atoms with Gasteiger partial charge in [-0.15, -0.1) is 0 Å². The number of hydrogen-bond acceptors (Lipinski definition) is 3. The standard InChI is InChI=1S/C15H19NO4/c1-11(12-5-3-2-4-6-12)9-14(17)16-7-8-20-10-13(16)15(18)19/h2-6,11,13H,7-10H2,1H3,(H,18,19)/t11-,13+/m1/s1.